The van der Waals surface area contributed by atoms with E-state index in [9.17, 15) is 0 Å². The van der Waals surface area contributed by atoms with Crippen LogP contribution in [0, 0.1) is 13.8 Å². The van der Waals surface area contributed by atoms with Gasteiger partial charge in [0.05, 0.1) is 5.52 Å². The maximum atomic E-state index is 2.46. The average Bonchev–Trinajstić information content (AvgIpc) is 3.54. The molecular formula is C50H40N2. The number of hydrogen-bond acceptors (Lipinski definition) is 1. The highest BCUT2D eigenvalue weighted by Crippen LogP contribution is 2.40. The van der Waals surface area contributed by atoms with Gasteiger partial charge >= 0.3 is 0 Å². The minimum atomic E-state index is 1.05. The third-order valence-electron chi connectivity index (χ3n) is 10.5. The second-order valence-electron chi connectivity index (χ2n) is 13.8. The SMILES string of the molecule is Cc1ccccc1-c1ccc(N(c2ccc(-c3ccccc3)cc2)c2cccc(-c3ccc(-n4c5c(c6ccccc64)C=CCC5)cc3)c2)cc1C. The molecule has 9 rings (SSSR count). The Morgan fingerprint density at radius 1 is 0.481 bits per heavy atom. The van der Waals surface area contributed by atoms with E-state index in [0.717, 1.165) is 29.9 Å². The number of allylic oxidation sites excluding steroid dienone is 1. The fourth-order valence-electron chi connectivity index (χ4n) is 7.94. The molecule has 0 fully saturated rings. The van der Waals surface area contributed by atoms with E-state index < -0.39 is 0 Å². The Balaban J connectivity index is 1.11. The molecule has 0 radical (unpaired) electrons. The largest absolute Gasteiger partial charge is 0.313 e. The first kappa shape index (κ1) is 31.6. The van der Waals surface area contributed by atoms with Gasteiger partial charge < -0.3 is 9.47 Å². The minimum absolute atomic E-state index is 1.05. The molecule has 1 aliphatic carbocycles. The van der Waals surface area contributed by atoms with Gasteiger partial charge in [-0.05, 0) is 126 Å². The topological polar surface area (TPSA) is 8.17 Å². The van der Waals surface area contributed by atoms with Crippen LogP contribution < -0.4 is 4.90 Å². The molecule has 8 aromatic rings. The predicted molar refractivity (Wildman–Crippen MR) is 221 cm³/mol. The third-order valence-corrected chi connectivity index (χ3v) is 10.5. The van der Waals surface area contributed by atoms with Crippen LogP contribution >= 0.6 is 0 Å². The van der Waals surface area contributed by atoms with Gasteiger partial charge in [-0.2, -0.15) is 0 Å². The Hall–Kier alpha value is -6.38. The molecule has 0 bridgehead atoms. The molecule has 1 aromatic heterocycles. The van der Waals surface area contributed by atoms with Crippen molar-refractivity contribution in [2.24, 2.45) is 0 Å². The van der Waals surface area contributed by atoms with Crippen molar-refractivity contribution in [2.75, 3.05) is 4.90 Å². The fourth-order valence-corrected chi connectivity index (χ4v) is 7.94. The number of rotatable bonds is 7. The number of hydrogen-bond donors (Lipinski definition) is 0. The van der Waals surface area contributed by atoms with E-state index >= 15 is 0 Å². The van der Waals surface area contributed by atoms with E-state index in [1.807, 2.05) is 0 Å². The lowest BCUT2D eigenvalue weighted by molar-refractivity contribution is 0.888. The number of anilines is 3. The maximum Gasteiger partial charge on any atom is 0.0537 e. The summed E-state index contributed by atoms with van der Waals surface area (Å²) in [6, 6.07) is 61.9. The molecule has 0 spiro atoms. The molecule has 0 amide bonds. The van der Waals surface area contributed by atoms with Crippen LogP contribution in [0.3, 0.4) is 0 Å². The van der Waals surface area contributed by atoms with E-state index in [-0.39, 0.29) is 0 Å². The summed E-state index contributed by atoms with van der Waals surface area (Å²) in [5.74, 6) is 0. The van der Waals surface area contributed by atoms with Gasteiger partial charge in [0.2, 0.25) is 0 Å². The number of para-hydroxylation sites is 1. The first-order valence-corrected chi connectivity index (χ1v) is 18.2. The number of aromatic nitrogens is 1. The molecular weight excluding hydrogens is 629 g/mol. The lowest BCUT2D eigenvalue weighted by Crippen LogP contribution is -2.10. The highest BCUT2D eigenvalue weighted by molar-refractivity contribution is 5.93. The molecule has 52 heavy (non-hydrogen) atoms. The zero-order valence-corrected chi connectivity index (χ0v) is 29.6. The van der Waals surface area contributed by atoms with Gasteiger partial charge in [-0.15, -0.1) is 0 Å². The standard InChI is InChI=1S/C50H40N2/c1-35-13-6-7-18-45(35)46-32-31-44(33-36(46)2)51(41-27-23-38(24-28-41)37-14-4-3-5-15-37)43-17-12-16-40(34-43)39-25-29-42(30-26-39)52-49-21-10-8-19-47(49)48-20-9-11-22-50(48)52/h3-10,12-21,23-34H,11,22H2,1-2H3. The Bertz CT molecular complexity index is 2570. The number of nitrogens with zero attached hydrogens (tertiary/aromatic N) is 2. The summed E-state index contributed by atoms with van der Waals surface area (Å²) in [5.41, 5.74) is 18.5. The van der Waals surface area contributed by atoms with Crippen LogP contribution in [0.5, 0.6) is 0 Å². The molecule has 0 saturated heterocycles. The van der Waals surface area contributed by atoms with Gasteiger partial charge in [0.15, 0.2) is 0 Å². The Morgan fingerprint density at radius 2 is 1.12 bits per heavy atom. The average molecular weight is 669 g/mol. The van der Waals surface area contributed by atoms with Crippen LogP contribution in [-0.2, 0) is 6.42 Å². The molecule has 2 nitrogen and oxygen atoms in total. The summed E-state index contributed by atoms with van der Waals surface area (Å²) >= 11 is 0. The molecule has 0 saturated carbocycles. The summed E-state index contributed by atoms with van der Waals surface area (Å²) in [4.78, 5) is 2.38. The van der Waals surface area contributed by atoms with Crippen LogP contribution in [0.4, 0.5) is 17.1 Å². The fraction of sp³-hybridized carbons (Fsp3) is 0.0800. The molecule has 0 N–H and O–H groups in total. The van der Waals surface area contributed by atoms with Crippen molar-refractivity contribution in [1.82, 2.24) is 4.57 Å². The lowest BCUT2D eigenvalue weighted by Gasteiger charge is -2.27. The number of aryl methyl sites for hydroxylation is 2. The normalized spacial score (nSPS) is 12.2. The Kier molecular flexibility index (Phi) is 8.14. The monoisotopic (exact) mass is 668 g/mol. The predicted octanol–water partition coefficient (Wildman–Crippen LogP) is 13.7. The molecule has 0 atom stereocenters. The summed E-state index contributed by atoms with van der Waals surface area (Å²) in [5, 5.41) is 1.32. The summed E-state index contributed by atoms with van der Waals surface area (Å²) in [6.07, 6.45) is 6.73. The Labute approximate surface area is 306 Å². The van der Waals surface area contributed by atoms with Crippen molar-refractivity contribution in [2.45, 2.75) is 26.7 Å². The van der Waals surface area contributed by atoms with E-state index in [0.29, 0.717) is 0 Å². The Morgan fingerprint density at radius 3 is 1.92 bits per heavy atom. The van der Waals surface area contributed by atoms with Gasteiger partial charge in [0.25, 0.3) is 0 Å². The van der Waals surface area contributed by atoms with Crippen molar-refractivity contribution >= 4 is 34.0 Å². The van der Waals surface area contributed by atoms with Gasteiger partial charge in [-0.3, -0.25) is 0 Å². The quantitative estimate of drug-likeness (QED) is 0.164. The molecule has 1 heterocycles. The van der Waals surface area contributed by atoms with Gasteiger partial charge in [-0.1, -0.05) is 127 Å². The second kappa shape index (κ2) is 13.4. The minimum Gasteiger partial charge on any atom is -0.313 e. The smallest absolute Gasteiger partial charge is 0.0537 e. The van der Waals surface area contributed by atoms with Crippen LogP contribution in [-0.4, -0.2) is 4.57 Å². The zero-order valence-electron chi connectivity index (χ0n) is 29.6. The van der Waals surface area contributed by atoms with Crippen LogP contribution in [0.2, 0.25) is 0 Å². The van der Waals surface area contributed by atoms with Crippen molar-refractivity contribution in [3.8, 4) is 39.1 Å². The van der Waals surface area contributed by atoms with Gasteiger partial charge in [-0.25, -0.2) is 0 Å². The van der Waals surface area contributed by atoms with Crippen LogP contribution in [0.15, 0.2) is 176 Å². The number of benzene rings is 7. The first-order chi connectivity index (χ1) is 25.6. The second-order valence-corrected chi connectivity index (χ2v) is 13.8. The van der Waals surface area contributed by atoms with Crippen molar-refractivity contribution in [3.63, 3.8) is 0 Å². The maximum absolute atomic E-state index is 2.46. The summed E-state index contributed by atoms with van der Waals surface area (Å²) in [7, 11) is 0. The van der Waals surface area contributed by atoms with Gasteiger partial charge in [0.1, 0.15) is 0 Å². The van der Waals surface area contributed by atoms with E-state index in [2.05, 4.69) is 205 Å². The van der Waals surface area contributed by atoms with Crippen LogP contribution in [0.1, 0.15) is 28.8 Å². The molecule has 0 unspecified atom stereocenters. The lowest BCUT2D eigenvalue weighted by atomic mass is 9.96. The summed E-state index contributed by atoms with van der Waals surface area (Å²) < 4.78 is 2.46. The molecule has 7 aromatic carbocycles. The highest BCUT2D eigenvalue weighted by atomic mass is 15.1. The first-order valence-electron chi connectivity index (χ1n) is 18.2. The molecule has 1 aliphatic rings. The molecule has 2 heteroatoms. The van der Waals surface area contributed by atoms with Crippen molar-refractivity contribution in [1.29, 1.82) is 0 Å². The van der Waals surface area contributed by atoms with Crippen molar-refractivity contribution in [3.05, 3.63) is 198 Å². The highest BCUT2D eigenvalue weighted by Gasteiger charge is 2.19. The third kappa shape index (κ3) is 5.73. The van der Waals surface area contributed by atoms with Crippen molar-refractivity contribution < 1.29 is 0 Å². The van der Waals surface area contributed by atoms with Gasteiger partial charge in [0, 0.05) is 39.4 Å². The molecule has 250 valence electrons. The zero-order chi connectivity index (χ0) is 35.0. The number of fused-ring (bicyclic) bond motifs is 3. The summed E-state index contributed by atoms with van der Waals surface area (Å²) in [6.45, 7) is 4.41. The van der Waals surface area contributed by atoms with Crippen LogP contribution in [0.25, 0.3) is 56.0 Å². The van der Waals surface area contributed by atoms with E-state index in [4.69, 9.17) is 0 Å². The molecule has 0 aliphatic heterocycles. The van der Waals surface area contributed by atoms with E-state index in [1.54, 1.807) is 0 Å². The van der Waals surface area contributed by atoms with E-state index in [1.165, 1.54) is 72.4 Å².